The highest BCUT2D eigenvalue weighted by Crippen LogP contribution is 2.23. The van der Waals surface area contributed by atoms with Gasteiger partial charge >= 0.3 is 0 Å². The molecule has 1 aliphatic rings. The lowest BCUT2D eigenvalue weighted by molar-refractivity contribution is 0.102. The van der Waals surface area contributed by atoms with Crippen molar-refractivity contribution in [3.8, 4) is 0 Å². The van der Waals surface area contributed by atoms with E-state index in [1.54, 1.807) is 12.1 Å². The second kappa shape index (κ2) is 8.56. The van der Waals surface area contributed by atoms with Crippen molar-refractivity contribution in [3.05, 3.63) is 52.3 Å². The Balaban J connectivity index is 1.72. The molecule has 27 heavy (non-hydrogen) atoms. The molecular formula is C18H19Cl2N3O3S. The van der Waals surface area contributed by atoms with Gasteiger partial charge in [0.25, 0.3) is 5.91 Å². The molecule has 1 aromatic carbocycles. The van der Waals surface area contributed by atoms with Crippen LogP contribution in [0.5, 0.6) is 0 Å². The number of rotatable bonds is 4. The van der Waals surface area contributed by atoms with Crippen molar-refractivity contribution in [1.29, 1.82) is 0 Å². The minimum atomic E-state index is -3.51. The summed E-state index contributed by atoms with van der Waals surface area (Å²) in [4.78, 5) is 16.3. The molecule has 1 aliphatic heterocycles. The molecule has 9 heteroatoms. The minimum absolute atomic E-state index is 0.122. The lowest BCUT2D eigenvalue weighted by Crippen LogP contribution is -2.31. The molecule has 0 radical (unpaired) electrons. The lowest BCUT2D eigenvalue weighted by Gasteiger charge is -2.20. The number of amides is 1. The Hall–Kier alpha value is -1.67. The molecule has 0 saturated carbocycles. The Morgan fingerprint density at radius 2 is 1.67 bits per heavy atom. The average molecular weight is 428 g/mol. The van der Waals surface area contributed by atoms with Crippen LogP contribution in [0.4, 0.5) is 5.69 Å². The third-order valence-corrected chi connectivity index (χ3v) is 6.97. The van der Waals surface area contributed by atoms with E-state index < -0.39 is 15.9 Å². The highest BCUT2D eigenvalue weighted by atomic mass is 35.5. The monoisotopic (exact) mass is 427 g/mol. The van der Waals surface area contributed by atoms with Gasteiger partial charge in [0, 0.05) is 25.0 Å². The highest BCUT2D eigenvalue weighted by Gasteiger charge is 2.25. The van der Waals surface area contributed by atoms with Crippen LogP contribution in [0.15, 0.2) is 41.4 Å². The standard InChI is InChI=1S/C18H19Cl2N3O3S/c19-16-11-13(12-21-17(16)20)18(24)22-14-5-7-15(8-6-14)27(25,26)23-9-3-1-2-4-10-23/h5-8,11-12H,1-4,9-10H2,(H,22,24). The van der Waals surface area contributed by atoms with Crippen molar-refractivity contribution in [2.45, 2.75) is 30.6 Å². The number of carbonyl (C=O) groups excluding carboxylic acids is 1. The Kier molecular flexibility index (Phi) is 6.37. The van der Waals surface area contributed by atoms with Crippen LogP contribution in [-0.2, 0) is 10.0 Å². The number of pyridine rings is 1. The van der Waals surface area contributed by atoms with Crippen LogP contribution in [-0.4, -0.2) is 36.7 Å². The van der Waals surface area contributed by atoms with E-state index in [1.165, 1.54) is 28.7 Å². The van der Waals surface area contributed by atoms with Gasteiger partial charge in [0.2, 0.25) is 10.0 Å². The van der Waals surface area contributed by atoms with Gasteiger partial charge in [0.15, 0.2) is 0 Å². The summed E-state index contributed by atoms with van der Waals surface area (Å²) in [5, 5.41) is 2.99. The quantitative estimate of drug-likeness (QED) is 0.741. The van der Waals surface area contributed by atoms with Gasteiger partial charge in [-0.2, -0.15) is 4.31 Å². The highest BCUT2D eigenvalue weighted by molar-refractivity contribution is 7.89. The van der Waals surface area contributed by atoms with E-state index in [0.717, 1.165) is 25.7 Å². The minimum Gasteiger partial charge on any atom is -0.322 e. The van der Waals surface area contributed by atoms with Crippen LogP contribution in [0, 0.1) is 0 Å². The topological polar surface area (TPSA) is 79.4 Å². The summed E-state index contributed by atoms with van der Waals surface area (Å²) in [5.41, 5.74) is 0.728. The Morgan fingerprint density at radius 3 is 2.26 bits per heavy atom. The van der Waals surface area contributed by atoms with Crippen molar-refractivity contribution in [2.75, 3.05) is 18.4 Å². The van der Waals surface area contributed by atoms with Crippen molar-refractivity contribution >= 4 is 44.8 Å². The number of anilines is 1. The Labute approximate surface area is 168 Å². The molecule has 1 saturated heterocycles. The number of hydrogen-bond donors (Lipinski definition) is 1. The van der Waals surface area contributed by atoms with E-state index in [0.29, 0.717) is 18.8 Å². The van der Waals surface area contributed by atoms with Crippen molar-refractivity contribution < 1.29 is 13.2 Å². The van der Waals surface area contributed by atoms with E-state index in [4.69, 9.17) is 23.2 Å². The van der Waals surface area contributed by atoms with Crippen LogP contribution < -0.4 is 5.32 Å². The molecule has 1 N–H and O–H groups in total. The molecule has 1 amide bonds. The number of aromatic nitrogens is 1. The molecule has 6 nitrogen and oxygen atoms in total. The number of nitrogens with one attached hydrogen (secondary N) is 1. The predicted molar refractivity (Wildman–Crippen MR) is 106 cm³/mol. The Morgan fingerprint density at radius 1 is 1.04 bits per heavy atom. The first kappa shape index (κ1) is 20.1. The van der Waals surface area contributed by atoms with Gasteiger partial charge in [0.1, 0.15) is 5.15 Å². The Bertz CT molecular complexity index is 925. The summed E-state index contributed by atoms with van der Waals surface area (Å²) in [5.74, 6) is -0.413. The molecule has 144 valence electrons. The second-order valence-electron chi connectivity index (χ2n) is 6.29. The zero-order chi connectivity index (χ0) is 19.4. The summed E-state index contributed by atoms with van der Waals surface area (Å²) in [6.45, 7) is 1.09. The van der Waals surface area contributed by atoms with Gasteiger partial charge < -0.3 is 5.32 Å². The van der Waals surface area contributed by atoms with Crippen molar-refractivity contribution in [2.24, 2.45) is 0 Å². The summed E-state index contributed by atoms with van der Waals surface area (Å²) in [6.07, 6.45) is 5.19. The number of nitrogens with zero attached hydrogens (tertiary/aromatic N) is 2. The fraction of sp³-hybridized carbons (Fsp3) is 0.333. The molecule has 2 aromatic rings. The average Bonchev–Trinajstić information content (AvgIpc) is 2.94. The maximum Gasteiger partial charge on any atom is 0.257 e. The molecule has 0 spiro atoms. The van der Waals surface area contributed by atoms with Crippen molar-refractivity contribution in [1.82, 2.24) is 9.29 Å². The maximum atomic E-state index is 12.8. The number of sulfonamides is 1. The van der Waals surface area contributed by atoms with Crippen LogP contribution in [0.1, 0.15) is 36.0 Å². The van der Waals surface area contributed by atoms with E-state index >= 15 is 0 Å². The first-order chi connectivity index (χ1) is 12.9. The van der Waals surface area contributed by atoms with Gasteiger partial charge in [-0.1, -0.05) is 36.0 Å². The molecule has 1 fully saturated rings. The largest absolute Gasteiger partial charge is 0.322 e. The summed E-state index contributed by atoms with van der Waals surface area (Å²) < 4.78 is 27.1. The number of benzene rings is 1. The van der Waals surface area contributed by atoms with E-state index in [1.807, 2.05) is 0 Å². The van der Waals surface area contributed by atoms with Crippen LogP contribution in [0.25, 0.3) is 0 Å². The fourth-order valence-corrected chi connectivity index (χ4v) is 4.68. The first-order valence-electron chi connectivity index (χ1n) is 8.60. The number of hydrogen-bond acceptors (Lipinski definition) is 4. The molecule has 2 heterocycles. The van der Waals surface area contributed by atoms with Gasteiger partial charge in [-0.25, -0.2) is 13.4 Å². The SMILES string of the molecule is O=C(Nc1ccc(S(=O)(=O)N2CCCCCC2)cc1)c1cnc(Cl)c(Cl)c1. The molecule has 1 aromatic heterocycles. The van der Waals surface area contributed by atoms with Gasteiger partial charge in [-0.15, -0.1) is 0 Å². The third-order valence-electron chi connectivity index (χ3n) is 4.37. The zero-order valence-corrected chi connectivity index (χ0v) is 16.8. The fourth-order valence-electron chi connectivity index (χ4n) is 2.89. The first-order valence-corrected chi connectivity index (χ1v) is 10.8. The molecule has 0 aliphatic carbocycles. The predicted octanol–water partition coefficient (Wildman–Crippen LogP) is 4.21. The second-order valence-corrected chi connectivity index (χ2v) is 9.00. The van der Waals surface area contributed by atoms with E-state index in [9.17, 15) is 13.2 Å². The van der Waals surface area contributed by atoms with E-state index in [2.05, 4.69) is 10.3 Å². The number of halogens is 2. The molecular weight excluding hydrogens is 409 g/mol. The normalized spacial score (nSPS) is 15.9. The smallest absolute Gasteiger partial charge is 0.257 e. The van der Waals surface area contributed by atoms with Gasteiger partial charge in [-0.05, 0) is 43.2 Å². The van der Waals surface area contributed by atoms with Gasteiger partial charge in [0.05, 0.1) is 15.5 Å². The third kappa shape index (κ3) is 4.79. The van der Waals surface area contributed by atoms with Gasteiger partial charge in [-0.3, -0.25) is 4.79 Å². The number of carbonyl (C=O) groups is 1. The summed E-state index contributed by atoms with van der Waals surface area (Å²) >= 11 is 11.6. The summed E-state index contributed by atoms with van der Waals surface area (Å²) in [7, 11) is -3.51. The van der Waals surface area contributed by atoms with Crippen molar-refractivity contribution in [3.63, 3.8) is 0 Å². The van der Waals surface area contributed by atoms with E-state index in [-0.39, 0.29) is 20.6 Å². The molecule has 3 rings (SSSR count). The zero-order valence-electron chi connectivity index (χ0n) is 14.5. The molecule has 0 unspecified atom stereocenters. The molecule has 0 atom stereocenters. The van der Waals surface area contributed by atoms with Crippen LogP contribution in [0.3, 0.4) is 0 Å². The lowest BCUT2D eigenvalue weighted by atomic mass is 10.2. The molecule has 0 bridgehead atoms. The van der Waals surface area contributed by atoms with Crippen LogP contribution in [0.2, 0.25) is 10.2 Å². The van der Waals surface area contributed by atoms with Crippen LogP contribution >= 0.6 is 23.2 Å². The maximum absolute atomic E-state index is 12.8. The summed E-state index contributed by atoms with van der Waals surface area (Å²) in [6, 6.07) is 7.55.